The van der Waals surface area contributed by atoms with E-state index in [1.807, 2.05) is 3.59 Å². The van der Waals surface area contributed by atoms with Crippen molar-refractivity contribution in [3.63, 3.8) is 0 Å². The molecule has 0 saturated heterocycles. The number of hydrogen-bond acceptors (Lipinski definition) is 1. The molecule has 0 fully saturated rings. The summed E-state index contributed by atoms with van der Waals surface area (Å²) >= 11 is 1.80. The standard InChI is InChI=1S/C9H13BrN.3C4H9.Sn/c1-7(11(2)3)8-5-4-6-9(8)10;3*1-3-4-2;/h4-5,7-8H,1-3H3;3*1,3-4H2,2H3;/t7-,8?;;;;/m1..../s1. The van der Waals surface area contributed by atoms with Crippen LogP contribution in [0.15, 0.2) is 20.2 Å². The molecule has 3 heteroatoms. The molecule has 24 heavy (non-hydrogen) atoms. The average molecular weight is 505 g/mol. The summed E-state index contributed by atoms with van der Waals surface area (Å²) in [7, 11) is 4.41. The first-order chi connectivity index (χ1) is 11.4. The summed E-state index contributed by atoms with van der Waals surface area (Å²) in [5.74, 6) is 0.566. The van der Waals surface area contributed by atoms with Crippen molar-refractivity contribution >= 4 is 34.3 Å². The summed E-state index contributed by atoms with van der Waals surface area (Å²) in [4.78, 5) is 2.36. The Bertz CT molecular complexity index is 406. The van der Waals surface area contributed by atoms with Gasteiger partial charge in [-0.2, -0.15) is 0 Å². The maximum atomic E-state index is 4.09. The second-order valence-electron chi connectivity index (χ2n) is 7.94. The predicted octanol–water partition coefficient (Wildman–Crippen LogP) is 7.16. The average Bonchev–Trinajstić information content (AvgIpc) is 2.96. The van der Waals surface area contributed by atoms with Crippen LogP contribution in [0.5, 0.6) is 0 Å². The van der Waals surface area contributed by atoms with Gasteiger partial charge in [0.05, 0.1) is 0 Å². The van der Waals surface area contributed by atoms with Gasteiger partial charge in [-0.3, -0.25) is 0 Å². The van der Waals surface area contributed by atoms with Crippen LogP contribution in [0.1, 0.15) is 66.2 Å². The van der Waals surface area contributed by atoms with E-state index in [-0.39, 0.29) is 0 Å². The van der Waals surface area contributed by atoms with Crippen molar-refractivity contribution < 1.29 is 0 Å². The molecule has 0 spiro atoms. The molecule has 0 saturated carbocycles. The van der Waals surface area contributed by atoms with E-state index in [1.165, 1.54) is 38.5 Å². The first kappa shape index (κ1) is 22.8. The maximum absolute atomic E-state index is 4.09. The fourth-order valence-electron chi connectivity index (χ4n) is 3.99. The van der Waals surface area contributed by atoms with Gasteiger partial charge in [0, 0.05) is 0 Å². The number of unbranched alkanes of at least 4 members (excludes halogenated alkanes) is 3. The van der Waals surface area contributed by atoms with E-state index < -0.39 is 18.4 Å². The Morgan fingerprint density at radius 2 is 1.46 bits per heavy atom. The molecule has 0 aromatic heterocycles. The van der Waals surface area contributed by atoms with Crippen molar-refractivity contribution in [3.8, 4) is 0 Å². The SMILES string of the molecule is CCC[CH2][Sn]([CH2]CCC)([CH2]CCC)[C]1=C(Br)C([C@@H](C)N(C)C)C=C1. The topological polar surface area (TPSA) is 3.24 Å². The molecule has 2 atom stereocenters. The van der Waals surface area contributed by atoms with E-state index in [4.69, 9.17) is 0 Å². The van der Waals surface area contributed by atoms with Crippen molar-refractivity contribution in [2.24, 2.45) is 5.92 Å². The van der Waals surface area contributed by atoms with Crippen LogP contribution < -0.4 is 0 Å². The number of nitrogens with zero attached hydrogens (tertiary/aromatic N) is 1. The zero-order valence-electron chi connectivity index (χ0n) is 17.0. The van der Waals surface area contributed by atoms with Crippen molar-refractivity contribution in [1.82, 2.24) is 4.90 Å². The molecule has 1 nitrogen and oxygen atoms in total. The summed E-state index contributed by atoms with van der Waals surface area (Å²) < 4.78 is 8.07. The Kier molecular flexibility index (Phi) is 10.8. The van der Waals surface area contributed by atoms with Gasteiger partial charge in [0.15, 0.2) is 0 Å². The molecular weight excluding hydrogens is 465 g/mol. The van der Waals surface area contributed by atoms with Gasteiger partial charge in [-0.15, -0.1) is 0 Å². The Labute approximate surface area is 164 Å². The van der Waals surface area contributed by atoms with E-state index >= 15 is 0 Å². The van der Waals surface area contributed by atoms with E-state index in [9.17, 15) is 0 Å². The third-order valence-corrected chi connectivity index (χ3v) is 23.7. The fraction of sp³-hybridized carbons (Fsp3) is 0.810. The van der Waals surface area contributed by atoms with E-state index in [2.05, 4.69) is 74.8 Å². The van der Waals surface area contributed by atoms with Crippen LogP contribution in [-0.2, 0) is 0 Å². The van der Waals surface area contributed by atoms with Gasteiger partial charge in [-0.05, 0) is 0 Å². The number of halogens is 1. The normalized spacial score (nSPS) is 19.6. The molecule has 1 rings (SSSR count). The molecule has 140 valence electrons. The minimum absolute atomic E-state index is 0.566. The zero-order valence-corrected chi connectivity index (χ0v) is 21.4. The molecule has 0 aliphatic heterocycles. The predicted molar refractivity (Wildman–Crippen MR) is 117 cm³/mol. The van der Waals surface area contributed by atoms with Gasteiger partial charge in [0.25, 0.3) is 0 Å². The van der Waals surface area contributed by atoms with Crippen molar-refractivity contribution in [2.75, 3.05) is 14.1 Å². The molecule has 0 aromatic rings. The number of allylic oxidation sites excluding steroid dienone is 2. The van der Waals surface area contributed by atoms with Crippen LogP contribution in [0.2, 0.25) is 13.3 Å². The minimum atomic E-state index is -2.29. The molecule has 0 bridgehead atoms. The van der Waals surface area contributed by atoms with Crippen LogP contribution in [0.3, 0.4) is 0 Å². The monoisotopic (exact) mass is 505 g/mol. The van der Waals surface area contributed by atoms with Gasteiger partial charge in [0.2, 0.25) is 0 Å². The molecule has 0 N–H and O–H groups in total. The van der Waals surface area contributed by atoms with Crippen molar-refractivity contribution in [3.05, 3.63) is 20.2 Å². The van der Waals surface area contributed by atoms with Crippen LogP contribution in [0.4, 0.5) is 0 Å². The fourth-order valence-corrected chi connectivity index (χ4v) is 24.0. The van der Waals surface area contributed by atoms with Crippen LogP contribution in [-0.4, -0.2) is 43.4 Å². The third kappa shape index (κ3) is 5.87. The summed E-state index contributed by atoms with van der Waals surface area (Å²) in [6.07, 6.45) is 13.4. The van der Waals surface area contributed by atoms with Gasteiger partial charge in [-0.1, -0.05) is 0 Å². The molecule has 0 heterocycles. The molecule has 1 aliphatic carbocycles. The van der Waals surface area contributed by atoms with Crippen LogP contribution in [0, 0.1) is 5.92 Å². The van der Waals surface area contributed by atoms with Crippen LogP contribution >= 0.6 is 15.9 Å². The zero-order chi connectivity index (χ0) is 18.2. The van der Waals surface area contributed by atoms with E-state index in [1.54, 1.807) is 17.8 Å². The summed E-state index contributed by atoms with van der Waals surface area (Å²) in [5, 5.41) is 0. The Morgan fingerprint density at radius 3 is 1.83 bits per heavy atom. The summed E-state index contributed by atoms with van der Waals surface area (Å²) in [5.41, 5.74) is 0. The van der Waals surface area contributed by atoms with Crippen LogP contribution in [0.25, 0.3) is 0 Å². The van der Waals surface area contributed by atoms with Gasteiger partial charge < -0.3 is 0 Å². The third-order valence-electron chi connectivity index (χ3n) is 5.95. The first-order valence-electron chi connectivity index (χ1n) is 10.2. The first-order valence-corrected chi connectivity index (χ1v) is 18.5. The van der Waals surface area contributed by atoms with Crippen molar-refractivity contribution in [2.45, 2.75) is 85.6 Å². The second kappa shape index (κ2) is 11.4. The Balaban J connectivity index is 3.17. The molecule has 0 aromatic carbocycles. The summed E-state index contributed by atoms with van der Waals surface area (Å²) in [6.45, 7) is 9.45. The second-order valence-corrected chi connectivity index (χ2v) is 21.9. The molecular formula is C21H40BrNSn. The van der Waals surface area contributed by atoms with E-state index in [0.29, 0.717) is 12.0 Å². The molecule has 0 amide bonds. The Morgan fingerprint density at radius 1 is 1.00 bits per heavy atom. The summed E-state index contributed by atoms with van der Waals surface area (Å²) in [6, 6.07) is 0.570. The Hall–Kier alpha value is 0.719. The molecule has 0 radical (unpaired) electrons. The van der Waals surface area contributed by atoms with Gasteiger partial charge in [0.1, 0.15) is 0 Å². The number of hydrogen-bond donors (Lipinski definition) is 0. The van der Waals surface area contributed by atoms with Gasteiger partial charge in [-0.25, -0.2) is 0 Å². The van der Waals surface area contributed by atoms with Gasteiger partial charge >= 0.3 is 165 Å². The van der Waals surface area contributed by atoms with E-state index in [0.717, 1.165) is 0 Å². The quantitative estimate of drug-likeness (QED) is 0.255. The number of rotatable bonds is 12. The van der Waals surface area contributed by atoms with Crippen molar-refractivity contribution in [1.29, 1.82) is 0 Å². The molecule has 1 unspecified atom stereocenters. The molecule has 1 aliphatic rings.